The number of nitrogens with zero attached hydrogens (tertiary/aromatic N) is 4. The van der Waals surface area contributed by atoms with E-state index in [1.165, 1.54) is 0 Å². The first-order chi connectivity index (χ1) is 14.1. The quantitative estimate of drug-likeness (QED) is 0.752. The number of carbonyl (C=O) groups excluding carboxylic acids is 2. The molecule has 0 spiro atoms. The first-order valence-electron chi connectivity index (χ1n) is 10.1. The number of ether oxygens (including phenoxy) is 1. The van der Waals surface area contributed by atoms with Gasteiger partial charge in [-0.2, -0.15) is 0 Å². The predicted molar refractivity (Wildman–Crippen MR) is 118 cm³/mol. The van der Waals surface area contributed by atoms with Crippen molar-refractivity contribution in [2.45, 2.75) is 39.8 Å². The number of pyridine rings is 1. The standard InChI is InChI=1S/C23H30N4O3/c1-16-8-7-9-19-18(16)15-26(22(29)30-23(2,3)4)12-13-27(19)21(28)17-10-11-24-20(14-17)25(5)6/h7-11,14H,12-13,15H2,1-6H3. The third-order valence-corrected chi connectivity index (χ3v) is 4.97. The van der Waals surface area contributed by atoms with Crippen LogP contribution in [0.1, 0.15) is 42.3 Å². The Bertz CT molecular complexity index is 950. The molecule has 0 radical (unpaired) electrons. The Morgan fingerprint density at radius 2 is 1.87 bits per heavy atom. The summed E-state index contributed by atoms with van der Waals surface area (Å²) in [5.41, 5.74) is 2.80. The highest BCUT2D eigenvalue weighted by molar-refractivity contribution is 6.07. The van der Waals surface area contributed by atoms with Crippen molar-refractivity contribution in [1.29, 1.82) is 0 Å². The van der Waals surface area contributed by atoms with E-state index in [0.717, 1.165) is 22.6 Å². The number of amides is 2. The van der Waals surface area contributed by atoms with Gasteiger partial charge in [-0.05, 0) is 57.0 Å². The highest BCUT2D eigenvalue weighted by Gasteiger charge is 2.30. The van der Waals surface area contributed by atoms with E-state index < -0.39 is 5.60 Å². The normalized spacial score (nSPS) is 14.1. The summed E-state index contributed by atoms with van der Waals surface area (Å²) in [7, 11) is 3.78. The molecule has 7 heteroatoms. The number of anilines is 2. The largest absolute Gasteiger partial charge is 0.444 e. The van der Waals surface area contributed by atoms with Gasteiger partial charge in [0.1, 0.15) is 11.4 Å². The summed E-state index contributed by atoms with van der Waals surface area (Å²) in [6, 6.07) is 9.38. The number of hydrogen-bond acceptors (Lipinski definition) is 5. The van der Waals surface area contributed by atoms with E-state index in [1.807, 2.05) is 64.9 Å². The van der Waals surface area contributed by atoms with Gasteiger partial charge >= 0.3 is 6.09 Å². The van der Waals surface area contributed by atoms with Gasteiger partial charge in [0.05, 0.1) is 6.54 Å². The van der Waals surface area contributed by atoms with Gasteiger partial charge in [0.15, 0.2) is 0 Å². The van der Waals surface area contributed by atoms with Crippen molar-refractivity contribution in [2.75, 3.05) is 37.0 Å². The average molecular weight is 411 g/mol. The third kappa shape index (κ3) is 4.72. The van der Waals surface area contributed by atoms with Crippen molar-refractivity contribution in [2.24, 2.45) is 0 Å². The molecule has 0 unspecified atom stereocenters. The zero-order chi connectivity index (χ0) is 22.1. The summed E-state index contributed by atoms with van der Waals surface area (Å²) in [5, 5.41) is 0. The third-order valence-electron chi connectivity index (χ3n) is 4.97. The minimum absolute atomic E-state index is 0.113. The van der Waals surface area contributed by atoms with Crippen LogP contribution in [-0.4, -0.2) is 54.7 Å². The molecule has 1 aromatic heterocycles. The molecule has 0 saturated carbocycles. The second kappa shape index (κ2) is 8.34. The van der Waals surface area contributed by atoms with Gasteiger partial charge in [-0.15, -0.1) is 0 Å². The van der Waals surface area contributed by atoms with Gasteiger partial charge in [-0.25, -0.2) is 9.78 Å². The van der Waals surface area contributed by atoms with Crippen LogP contribution >= 0.6 is 0 Å². The number of aromatic nitrogens is 1. The van der Waals surface area contributed by atoms with Crippen molar-refractivity contribution in [3.63, 3.8) is 0 Å². The lowest BCUT2D eigenvalue weighted by Gasteiger charge is -2.26. The van der Waals surface area contributed by atoms with Crippen molar-refractivity contribution in [1.82, 2.24) is 9.88 Å². The maximum atomic E-state index is 13.5. The summed E-state index contributed by atoms with van der Waals surface area (Å²) < 4.78 is 5.58. The molecule has 30 heavy (non-hydrogen) atoms. The SMILES string of the molecule is Cc1cccc2c1CN(C(=O)OC(C)(C)C)CCN2C(=O)c1ccnc(N(C)C)c1. The van der Waals surface area contributed by atoms with E-state index in [0.29, 0.717) is 25.2 Å². The molecular weight excluding hydrogens is 380 g/mol. The van der Waals surface area contributed by atoms with Gasteiger partial charge in [0, 0.05) is 44.6 Å². The molecule has 3 rings (SSSR count). The van der Waals surface area contributed by atoms with E-state index in [4.69, 9.17) is 4.74 Å². The fraction of sp³-hybridized carbons (Fsp3) is 0.435. The number of aryl methyl sites for hydroxylation is 1. The average Bonchev–Trinajstić information content (AvgIpc) is 2.87. The molecule has 2 heterocycles. The second-order valence-corrected chi connectivity index (χ2v) is 8.73. The van der Waals surface area contributed by atoms with Crippen LogP contribution < -0.4 is 9.80 Å². The Morgan fingerprint density at radius 3 is 2.53 bits per heavy atom. The minimum Gasteiger partial charge on any atom is -0.444 e. The maximum Gasteiger partial charge on any atom is 0.410 e. The summed E-state index contributed by atoms with van der Waals surface area (Å²) in [5.74, 6) is 0.605. The lowest BCUT2D eigenvalue weighted by molar-refractivity contribution is 0.0242. The van der Waals surface area contributed by atoms with Gasteiger partial charge < -0.3 is 19.4 Å². The molecule has 1 aliphatic heterocycles. The van der Waals surface area contributed by atoms with Gasteiger partial charge in [0.2, 0.25) is 0 Å². The maximum absolute atomic E-state index is 13.5. The van der Waals surface area contributed by atoms with E-state index in [9.17, 15) is 9.59 Å². The van der Waals surface area contributed by atoms with Crippen LogP contribution in [0.15, 0.2) is 36.5 Å². The summed E-state index contributed by atoms with van der Waals surface area (Å²) in [6.07, 6.45) is 1.27. The van der Waals surface area contributed by atoms with Crippen LogP contribution in [0, 0.1) is 6.92 Å². The van der Waals surface area contributed by atoms with E-state index in [2.05, 4.69) is 4.98 Å². The van der Waals surface area contributed by atoms with Crippen LogP contribution in [0.3, 0.4) is 0 Å². The molecule has 0 saturated heterocycles. The second-order valence-electron chi connectivity index (χ2n) is 8.73. The molecule has 0 fully saturated rings. The van der Waals surface area contributed by atoms with Crippen LogP contribution in [-0.2, 0) is 11.3 Å². The zero-order valence-corrected chi connectivity index (χ0v) is 18.6. The van der Waals surface area contributed by atoms with E-state index in [-0.39, 0.29) is 12.0 Å². The van der Waals surface area contributed by atoms with Gasteiger partial charge in [-0.3, -0.25) is 4.79 Å². The zero-order valence-electron chi connectivity index (χ0n) is 18.6. The molecular formula is C23H30N4O3. The number of carbonyl (C=O) groups is 2. The Morgan fingerprint density at radius 1 is 1.13 bits per heavy atom. The van der Waals surface area contributed by atoms with Crippen molar-refractivity contribution in [3.05, 3.63) is 53.2 Å². The number of rotatable bonds is 2. The molecule has 2 aromatic rings. The highest BCUT2D eigenvalue weighted by Crippen LogP contribution is 2.30. The van der Waals surface area contributed by atoms with Crippen LogP contribution in [0.4, 0.5) is 16.3 Å². The van der Waals surface area contributed by atoms with Crippen molar-refractivity contribution >= 4 is 23.5 Å². The fourth-order valence-electron chi connectivity index (χ4n) is 3.40. The summed E-state index contributed by atoms with van der Waals surface area (Å²) in [6.45, 7) is 8.72. The lowest BCUT2D eigenvalue weighted by atomic mass is 10.0. The monoisotopic (exact) mass is 410 g/mol. The molecule has 0 N–H and O–H groups in total. The van der Waals surface area contributed by atoms with Gasteiger partial charge in [-0.1, -0.05) is 12.1 Å². The first-order valence-corrected chi connectivity index (χ1v) is 10.1. The smallest absolute Gasteiger partial charge is 0.410 e. The fourth-order valence-corrected chi connectivity index (χ4v) is 3.40. The number of fused-ring (bicyclic) bond motifs is 1. The van der Waals surface area contributed by atoms with Crippen LogP contribution in [0.25, 0.3) is 0 Å². The van der Waals surface area contributed by atoms with Gasteiger partial charge in [0.25, 0.3) is 5.91 Å². The Balaban J connectivity index is 1.96. The molecule has 7 nitrogen and oxygen atoms in total. The van der Waals surface area contributed by atoms with Crippen molar-refractivity contribution in [3.8, 4) is 0 Å². The Labute approximate surface area is 178 Å². The number of hydrogen-bond donors (Lipinski definition) is 0. The van der Waals surface area contributed by atoms with E-state index in [1.54, 1.807) is 28.1 Å². The first kappa shape index (κ1) is 21.6. The van der Waals surface area contributed by atoms with Crippen LogP contribution in [0.5, 0.6) is 0 Å². The molecule has 1 aromatic carbocycles. The number of benzene rings is 1. The highest BCUT2D eigenvalue weighted by atomic mass is 16.6. The van der Waals surface area contributed by atoms with Crippen molar-refractivity contribution < 1.29 is 14.3 Å². The lowest BCUT2D eigenvalue weighted by Crippen LogP contribution is -2.40. The molecule has 0 aliphatic carbocycles. The van der Waals surface area contributed by atoms with Crippen LogP contribution in [0.2, 0.25) is 0 Å². The molecule has 0 bridgehead atoms. The molecule has 1 aliphatic rings. The topological polar surface area (TPSA) is 66.0 Å². The summed E-state index contributed by atoms with van der Waals surface area (Å²) in [4.78, 5) is 35.8. The Kier molecular flexibility index (Phi) is 6.01. The van der Waals surface area contributed by atoms with E-state index >= 15 is 0 Å². The summed E-state index contributed by atoms with van der Waals surface area (Å²) >= 11 is 0. The molecule has 160 valence electrons. The predicted octanol–water partition coefficient (Wildman–Crippen LogP) is 3.85. The minimum atomic E-state index is -0.576. The molecule has 2 amide bonds. The Hall–Kier alpha value is -3.09. The molecule has 0 atom stereocenters.